The molecule has 1 spiro atoms. The molecule has 0 radical (unpaired) electrons. The van der Waals surface area contributed by atoms with Gasteiger partial charge in [-0.2, -0.15) is 0 Å². The van der Waals surface area contributed by atoms with E-state index < -0.39 is 23.2 Å². The number of aromatic nitrogens is 2. The molecule has 2 saturated heterocycles. The van der Waals surface area contributed by atoms with Crippen LogP contribution in [0.4, 0.5) is 14.9 Å². The SMILES string of the molecule is COC(=O)c1ncc(N2CCC3(CC2)CN(CCNC(=O)c2ncc(OC[C@@H](C)c4ccccc4)cc2Cl)C(=O)N3)cc1F. The molecule has 0 saturated carbocycles. The molecule has 5 rings (SSSR count). The van der Waals surface area contributed by atoms with Crippen molar-refractivity contribution in [2.24, 2.45) is 0 Å². The van der Waals surface area contributed by atoms with Crippen molar-refractivity contribution in [2.75, 3.05) is 51.3 Å². The number of hydrogen-bond acceptors (Lipinski definition) is 8. The highest BCUT2D eigenvalue weighted by Gasteiger charge is 2.44. The number of benzene rings is 1. The Morgan fingerprint density at radius 1 is 1.14 bits per heavy atom. The zero-order valence-electron chi connectivity index (χ0n) is 24.5. The van der Waals surface area contributed by atoms with E-state index in [0.717, 1.165) is 5.56 Å². The van der Waals surface area contributed by atoms with Crippen LogP contribution in [0.3, 0.4) is 0 Å². The van der Waals surface area contributed by atoms with Gasteiger partial charge in [0.1, 0.15) is 11.4 Å². The Balaban J connectivity index is 1.08. The van der Waals surface area contributed by atoms with Crippen LogP contribution in [0.25, 0.3) is 0 Å². The highest BCUT2D eigenvalue weighted by Crippen LogP contribution is 2.31. The molecule has 0 aliphatic carbocycles. The van der Waals surface area contributed by atoms with Gasteiger partial charge in [-0.15, -0.1) is 0 Å². The molecule has 4 heterocycles. The van der Waals surface area contributed by atoms with Gasteiger partial charge in [-0.05, 0) is 18.4 Å². The van der Waals surface area contributed by atoms with Gasteiger partial charge in [0.25, 0.3) is 5.91 Å². The van der Waals surface area contributed by atoms with E-state index in [1.165, 1.54) is 25.6 Å². The summed E-state index contributed by atoms with van der Waals surface area (Å²) in [6.07, 6.45) is 4.20. The Kier molecular flexibility index (Phi) is 9.48. The van der Waals surface area contributed by atoms with Gasteiger partial charge >= 0.3 is 12.0 Å². The fourth-order valence-electron chi connectivity index (χ4n) is 5.44. The molecule has 2 fully saturated rings. The molecule has 2 N–H and O–H groups in total. The first-order chi connectivity index (χ1) is 21.2. The number of pyridine rings is 2. The van der Waals surface area contributed by atoms with E-state index >= 15 is 0 Å². The third kappa shape index (κ3) is 7.02. The lowest BCUT2D eigenvalue weighted by Crippen LogP contribution is -2.52. The van der Waals surface area contributed by atoms with Crippen molar-refractivity contribution in [1.82, 2.24) is 25.5 Å². The van der Waals surface area contributed by atoms with Gasteiger partial charge in [0, 0.05) is 50.8 Å². The van der Waals surface area contributed by atoms with E-state index in [4.69, 9.17) is 16.3 Å². The number of nitrogens with zero attached hydrogens (tertiary/aromatic N) is 4. The molecule has 2 aromatic heterocycles. The van der Waals surface area contributed by atoms with Gasteiger partial charge in [-0.1, -0.05) is 48.9 Å². The molecular formula is C31H34ClFN6O5. The van der Waals surface area contributed by atoms with E-state index in [-0.39, 0.29) is 34.9 Å². The average molecular weight is 625 g/mol. The number of ether oxygens (including phenoxy) is 2. The van der Waals surface area contributed by atoms with Crippen LogP contribution in [-0.2, 0) is 4.74 Å². The predicted molar refractivity (Wildman–Crippen MR) is 162 cm³/mol. The molecule has 2 aliphatic heterocycles. The standard InChI is InChI=1S/C31H34ClFN6O5/c1-20(21-6-4-3-5-7-21)18-44-23-15-24(32)26(36-17-23)28(40)34-10-13-39-19-31(37-30(39)42)8-11-38(12-9-31)22-14-25(33)27(35-16-22)29(41)43-2/h3-7,14-17,20H,8-13,18-19H2,1-2H3,(H,34,40)(H,37,42)/t20-/m1/s1. The van der Waals surface area contributed by atoms with Crippen molar-refractivity contribution in [2.45, 2.75) is 31.2 Å². The van der Waals surface area contributed by atoms with Gasteiger partial charge in [0.2, 0.25) is 0 Å². The summed E-state index contributed by atoms with van der Waals surface area (Å²) in [5.74, 6) is -1.38. The van der Waals surface area contributed by atoms with E-state index in [0.29, 0.717) is 57.1 Å². The minimum atomic E-state index is -0.830. The molecule has 3 amide bonds. The van der Waals surface area contributed by atoms with Crippen molar-refractivity contribution in [3.05, 3.63) is 82.6 Å². The van der Waals surface area contributed by atoms with Crippen LogP contribution in [-0.4, -0.2) is 84.8 Å². The Bertz CT molecular complexity index is 1520. The highest BCUT2D eigenvalue weighted by atomic mass is 35.5. The molecule has 232 valence electrons. The number of hydrogen-bond donors (Lipinski definition) is 2. The molecule has 2 aliphatic rings. The molecule has 1 atom stereocenters. The number of carbonyl (C=O) groups excluding carboxylic acids is 3. The van der Waals surface area contributed by atoms with Gasteiger partial charge in [-0.25, -0.2) is 23.9 Å². The maximum atomic E-state index is 14.4. The number of esters is 1. The van der Waals surface area contributed by atoms with E-state index in [9.17, 15) is 18.8 Å². The smallest absolute Gasteiger partial charge is 0.359 e. The first-order valence-electron chi connectivity index (χ1n) is 14.4. The number of nitrogens with one attached hydrogen (secondary N) is 2. The van der Waals surface area contributed by atoms with Crippen LogP contribution in [0, 0.1) is 5.82 Å². The molecule has 13 heteroatoms. The lowest BCUT2D eigenvalue weighted by Gasteiger charge is -2.39. The number of anilines is 1. The minimum Gasteiger partial charge on any atom is -0.491 e. The molecule has 44 heavy (non-hydrogen) atoms. The van der Waals surface area contributed by atoms with E-state index in [1.807, 2.05) is 35.2 Å². The fourth-order valence-corrected chi connectivity index (χ4v) is 5.68. The van der Waals surface area contributed by atoms with Gasteiger partial charge in [0.15, 0.2) is 11.5 Å². The Hall–Kier alpha value is -4.45. The zero-order valence-corrected chi connectivity index (χ0v) is 25.3. The van der Waals surface area contributed by atoms with Crippen LogP contribution in [0.15, 0.2) is 54.9 Å². The maximum absolute atomic E-state index is 14.4. The lowest BCUT2D eigenvalue weighted by atomic mass is 9.88. The Labute approximate surface area is 259 Å². The normalized spacial score (nSPS) is 16.4. The monoisotopic (exact) mass is 624 g/mol. The first-order valence-corrected chi connectivity index (χ1v) is 14.7. The third-order valence-corrected chi connectivity index (χ3v) is 8.30. The summed E-state index contributed by atoms with van der Waals surface area (Å²) >= 11 is 6.35. The number of carbonyl (C=O) groups is 3. The Morgan fingerprint density at radius 2 is 1.86 bits per heavy atom. The number of halogens is 2. The van der Waals surface area contributed by atoms with Gasteiger partial charge in [0.05, 0.1) is 42.4 Å². The second-order valence-electron chi connectivity index (χ2n) is 11.0. The van der Waals surface area contributed by atoms with Crippen LogP contribution in [0.1, 0.15) is 52.2 Å². The van der Waals surface area contributed by atoms with Crippen molar-refractivity contribution >= 4 is 35.2 Å². The molecule has 3 aromatic rings. The minimum absolute atomic E-state index is 0.0791. The number of piperidine rings is 1. The summed E-state index contributed by atoms with van der Waals surface area (Å²) in [6.45, 7) is 4.64. The third-order valence-electron chi connectivity index (χ3n) is 8.01. The molecule has 0 bridgehead atoms. The quantitative estimate of drug-likeness (QED) is 0.324. The maximum Gasteiger partial charge on any atom is 0.359 e. The molecule has 1 aromatic carbocycles. The van der Waals surface area contributed by atoms with Crippen LogP contribution >= 0.6 is 11.6 Å². The van der Waals surface area contributed by atoms with Crippen molar-refractivity contribution in [3.8, 4) is 5.75 Å². The number of urea groups is 1. The van der Waals surface area contributed by atoms with Crippen molar-refractivity contribution < 1.29 is 28.2 Å². The number of rotatable bonds is 10. The largest absolute Gasteiger partial charge is 0.491 e. The number of amides is 3. The highest BCUT2D eigenvalue weighted by molar-refractivity contribution is 6.33. The summed E-state index contributed by atoms with van der Waals surface area (Å²) in [7, 11) is 1.17. The van der Waals surface area contributed by atoms with Crippen molar-refractivity contribution in [3.63, 3.8) is 0 Å². The number of methoxy groups -OCH3 is 1. The summed E-state index contributed by atoms with van der Waals surface area (Å²) < 4.78 is 24.8. The van der Waals surface area contributed by atoms with Crippen molar-refractivity contribution in [1.29, 1.82) is 0 Å². The van der Waals surface area contributed by atoms with Crippen LogP contribution < -0.4 is 20.3 Å². The second-order valence-corrected chi connectivity index (χ2v) is 11.4. The first kappa shape index (κ1) is 31.0. The second kappa shape index (κ2) is 13.5. The van der Waals surface area contributed by atoms with E-state index in [1.54, 1.807) is 11.0 Å². The average Bonchev–Trinajstić information content (AvgIpc) is 3.33. The summed E-state index contributed by atoms with van der Waals surface area (Å²) in [5.41, 5.74) is 1.01. The van der Waals surface area contributed by atoms with Crippen LogP contribution in [0.2, 0.25) is 5.02 Å². The fraction of sp³-hybridized carbons (Fsp3) is 0.387. The molecule has 0 unspecified atom stereocenters. The van der Waals surface area contributed by atoms with Gasteiger partial charge in [-0.3, -0.25) is 4.79 Å². The summed E-state index contributed by atoms with van der Waals surface area (Å²) in [6, 6.07) is 12.6. The van der Waals surface area contributed by atoms with Gasteiger partial charge < -0.3 is 29.9 Å². The lowest BCUT2D eigenvalue weighted by molar-refractivity contribution is 0.0588. The topological polar surface area (TPSA) is 126 Å². The zero-order chi connectivity index (χ0) is 31.3. The summed E-state index contributed by atoms with van der Waals surface area (Å²) in [5, 5.41) is 6.06. The Morgan fingerprint density at radius 3 is 2.55 bits per heavy atom. The predicted octanol–water partition coefficient (Wildman–Crippen LogP) is 4.03. The molecule has 11 nitrogen and oxygen atoms in total. The van der Waals surface area contributed by atoms with Crippen LogP contribution in [0.5, 0.6) is 5.75 Å². The molecular weight excluding hydrogens is 591 g/mol. The summed E-state index contributed by atoms with van der Waals surface area (Å²) in [4.78, 5) is 48.9. The van der Waals surface area contributed by atoms with E-state index in [2.05, 4.69) is 32.3 Å².